The molecule has 2 aromatic rings. The molecule has 7 nitrogen and oxygen atoms in total. The first kappa shape index (κ1) is 16.6. The van der Waals surface area contributed by atoms with Crippen molar-refractivity contribution in [3.05, 3.63) is 35.8 Å². The molecule has 3 amide bonds. The normalized spacial score (nSPS) is 20.5. The second-order valence-electron chi connectivity index (χ2n) is 6.72. The van der Waals surface area contributed by atoms with Gasteiger partial charge in [0.05, 0.1) is 17.5 Å². The van der Waals surface area contributed by atoms with Crippen LogP contribution in [0.5, 0.6) is 0 Å². The minimum Gasteiger partial charge on any atom is -0.463 e. The van der Waals surface area contributed by atoms with E-state index in [1.54, 1.807) is 16.8 Å². The van der Waals surface area contributed by atoms with Crippen LogP contribution in [-0.4, -0.2) is 60.2 Å². The van der Waals surface area contributed by atoms with Gasteiger partial charge in [0, 0.05) is 38.5 Å². The Kier molecular flexibility index (Phi) is 3.90. The summed E-state index contributed by atoms with van der Waals surface area (Å²) in [6.07, 6.45) is 1.54. The van der Waals surface area contributed by atoms with Gasteiger partial charge in [-0.3, -0.25) is 14.4 Å². The summed E-state index contributed by atoms with van der Waals surface area (Å²) in [6.45, 7) is 1.17. The Morgan fingerprint density at radius 2 is 2.04 bits per heavy atom. The van der Waals surface area contributed by atoms with Crippen molar-refractivity contribution in [2.45, 2.75) is 12.5 Å². The molecule has 1 N–H and O–H groups in total. The van der Waals surface area contributed by atoms with E-state index in [-0.39, 0.29) is 36.1 Å². The number of nitrogens with zero attached hydrogens (tertiary/aromatic N) is 2. The maximum atomic E-state index is 13.5. The molecule has 0 bridgehead atoms. The average molecular weight is 359 g/mol. The fourth-order valence-corrected chi connectivity index (χ4v) is 3.62. The van der Waals surface area contributed by atoms with Crippen molar-refractivity contribution >= 4 is 28.7 Å². The van der Waals surface area contributed by atoms with Crippen LogP contribution in [0.4, 0.5) is 4.39 Å². The number of hydrogen-bond acceptors (Lipinski definition) is 4. The second kappa shape index (κ2) is 6.12. The predicted molar refractivity (Wildman–Crippen MR) is 89.8 cm³/mol. The Bertz CT molecular complexity index is 903. The number of halogens is 1. The summed E-state index contributed by atoms with van der Waals surface area (Å²) in [6, 6.07) is 3.96. The summed E-state index contributed by atoms with van der Waals surface area (Å²) < 4.78 is 18.8. The largest absolute Gasteiger partial charge is 0.463 e. The van der Waals surface area contributed by atoms with Crippen molar-refractivity contribution in [3.8, 4) is 0 Å². The number of carbonyl (C=O) groups excluding carboxylic acids is 3. The first-order chi connectivity index (χ1) is 12.5. The van der Waals surface area contributed by atoms with E-state index in [2.05, 4.69) is 5.32 Å². The minimum atomic E-state index is -0.433. The van der Waals surface area contributed by atoms with Crippen molar-refractivity contribution in [2.24, 2.45) is 5.92 Å². The van der Waals surface area contributed by atoms with Crippen molar-refractivity contribution in [3.63, 3.8) is 0 Å². The molecule has 2 fully saturated rings. The lowest BCUT2D eigenvalue weighted by Gasteiger charge is -2.43. The van der Waals surface area contributed by atoms with E-state index in [9.17, 15) is 18.8 Å². The fourth-order valence-electron chi connectivity index (χ4n) is 3.62. The van der Waals surface area contributed by atoms with Gasteiger partial charge in [0.2, 0.25) is 11.8 Å². The summed E-state index contributed by atoms with van der Waals surface area (Å²) in [5.74, 6) is -1.22. The smallest absolute Gasteiger partial charge is 0.257 e. The predicted octanol–water partition coefficient (Wildman–Crippen LogP) is 0.991. The van der Waals surface area contributed by atoms with Gasteiger partial charge in [0.1, 0.15) is 17.7 Å². The Labute approximate surface area is 148 Å². The van der Waals surface area contributed by atoms with Crippen LogP contribution in [-0.2, 0) is 9.59 Å². The second-order valence-corrected chi connectivity index (χ2v) is 6.72. The number of likely N-dealkylation sites (tertiary alicyclic amines) is 2. The average Bonchev–Trinajstić information content (AvgIpc) is 3.16. The minimum absolute atomic E-state index is 0.0634. The zero-order valence-electron chi connectivity index (χ0n) is 14.2. The van der Waals surface area contributed by atoms with Crippen molar-refractivity contribution in [1.82, 2.24) is 15.1 Å². The Hall–Kier alpha value is -2.90. The molecule has 0 radical (unpaired) electrons. The maximum Gasteiger partial charge on any atom is 0.257 e. The molecule has 2 aliphatic rings. The van der Waals surface area contributed by atoms with Gasteiger partial charge in [0.15, 0.2) is 0 Å². The molecule has 1 atom stereocenters. The van der Waals surface area contributed by atoms with Crippen LogP contribution in [0.3, 0.4) is 0 Å². The van der Waals surface area contributed by atoms with Crippen LogP contribution in [0, 0.1) is 11.7 Å². The zero-order chi connectivity index (χ0) is 18.4. The molecule has 1 aromatic heterocycles. The van der Waals surface area contributed by atoms with Gasteiger partial charge in [-0.05, 0) is 18.2 Å². The summed E-state index contributed by atoms with van der Waals surface area (Å²) in [7, 11) is 1.55. The number of amides is 3. The molecule has 0 aliphatic carbocycles. The molecule has 4 rings (SSSR count). The summed E-state index contributed by atoms with van der Waals surface area (Å²) in [5.41, 5.74) is 0.767. The Morgan fingerprint density at radius 1 is 1.27 bits per heavy atom. The van der Waals surface area contributed by atoms with Gasteiger partial charge in [-0.25, -0.2) is 4.39 Å². The first-order valence-corrected chi connectivity index (χ1v) is 8.45. The lowest BCUT2D eigenvalue weighted by Crippen LogP contribution is -2.61. The summed E-state index contributed by atoms with van der Waals surface area (Å²) in [4.78, 5) is 39.8. The molecule has 136 valence electrons. The number of fused-ring (bicyclic) bond motifs is 1. The first-order valence-electron chi connectivity index (χ1n) is 8.45. The maximum absolute atomic E-state index is 13.5. The topological polar surface area (TPSA) is 82.9 Å². The van der Waals surface area contributed by atoms with Gasteiger partial charge in [0.25, 0.3) is 5.91 Å². The Morgan fingerprint density at radius 3 is 2.77 bits per heavy atom. The molecular weight excluding hydrogens is 341 g/mol. The van der Waals surface area contributed by atoms with Gasteiger partial charge < -0.3 is 19.5 Å². The standard InChI is InChI=1S/C18H18FN3O4/c1-20-17(24)10-4-16(23)22(6-10)12-7-21(8-12)18(25)14-9-26-15-3-2-11(19)5-13(14)15/h2-3,5,9-10,12H,4,6-8H2,1H3,(H,20,24). The van der Waals surface area contributed by atoms with Crippen LogP contribution in [0.15, 0.2) is 28.9 Å². The number of hydrogen-bond donors (Lipinski definition) is 1. The monoisotopic (exact) mass is 359 g/mol. The van der Waals surface area contributed by atoms with Gasteiger partial charge in [-0.2, -0.15) is 0 Å². The summed E-state index contributed by atoms with van der Waals surface area (Å²) >= 11 is 0. The lowest BCUT2D eigenvalue weighted by atomic mass is 10.0. The molecule has 3 heterocycles. The van der Waals surface area contributed by atoms with E-state index < -0.39 is 5.82 Å². The fraction of sp³-hybridized carbons (Fsp3) is 0.389. The van der Waals surface area contributed by atoms with Crippen LogP contribution >= 0.6 is 0 Å². The van der Waals surface area contributed by atoms with E-state index in [4.69, 9.17) is 4.42 Å². The Balaban J connectivity index is 1.43. The van der Waals surface area contributed by atoms with Gasteiger partial charge in [-0.15, -0.1) is 0 Å². The quantitative estimate of drug-likeness (QED) is 0.886. The molecule has 1 aromatic carbocycles. The van der Waals surface area contributed by atoms with Crippen molar-refractivity contribution in [1.29, 1.82) is 0 Å². The molecule has 8 heteroatoms. The third kappa shape index (κ3) is 2.61. The molecule has 0 spiro atoms. The molecule has 0 saturated carbocycles. The lowest BCUT2D eigenvalue weighted by molar-refractivity contribution is -0.132. The number of furan rings is 1. The van der Waals surface area contributed by atoms with Crippen molar-refractivity contribution in [2.75, 3.05) is 26.7 Å². The number of carbonyl (C=O) groups is 3. The number of nitrogens with one attached hydrogen (secondary N) is 1. The molecular formula is C18H18FN3O4. The van der Waals surface area contributed by atoms with Crippen LogP contribution in [0.25, 0.3) is 11.0 Å². The molecule has 2 saturated heterocycles. The number of rotatable bonds is 3. The molecule has 1 unspecified atom stereocenters. The van der Waals surface area contributed by atoms with Crippen molar-refractivity contribution < 1.29 is 23.2 Å². The van der Waals surface area contributed by atoms with E-state index in [0.29, 0.717) is 36.2 Å². The van der Waals surface area contributed by atoms with Gasteiger partial charge >= 0.3 is 0 Å². The van der Waals surface area contributed by atoms with Crippen LogP contribution < -0.4 is 5.32 Å². The summed E-state index contributed by atoms with van der Waals surface area (Å²) in [5, 5.41) is 3.01. The van der Waals surface area contributed by atoms with Crippen LogP contribution in [0.1, 0.15) is 16.8 Å². The third-order valence-electron chi connectivity index (χ3n) is 5.13. The highest BCUT2D eigenvalue weighted by molar-refractivity contribution is 6.06. The van der Waals surface area contributed by atoms with E-state index in [1.807, 2.05) is 0 Å². The third-order valence-corrected chi connectivity index (χ3v) is 5.13. The van der Waals surface area contributed by atoms with E-state index in [1.165, 1.54) is 24.5 Å². The zero-order valence-corrected chi connectivity index (χ0v) is 14.2. The number of benzene rings is 1. The van der Waals surface area contributed by atoms with Crippen LogP contribution in [0.2, 0.25) is 0 Å². The molecule has 26 heavy (non-hydrogen) atoms. The molecule has 2 aliphatic heterocycles. The highest BCUT2D eigenvalue weighted by Crippen LogP contribution is 2.28. The highest BCUT2D eigenvalue weighted by Gasteiger charge is 2.43. The highest BCUT2D eigenvalue weighted by atomic mass is 19.1. The van der Waals surface area contributed by atoms with E-state index >= 15 is 0 Å². The van der Waals surface area contributed by atoms with Gasteiger partial charge in [-0.1, -0.05) is 0 Å². The SMILES string of the molecule is CNC(=O)C1CC(=O)N(C2CN(C(=O)c3coc4ccc(F)cc34)C2)C1. The van der Waals surface area contributed by atoms with E-state index in [0.717, 1.165) is 0 Å².